The van der Waals surface area contributed by atoms with Gasteiger partial charge in [0, 0.05) is 0 Å². The van der Waals surface area contributed by atoms with E-state index < -0.39 is 15.7 Å². The van der Waals surface area contributed by atoms with Crippen molar-refractivity contribution in [3.63, 3.8) is 0 Å². The maximum atomic E-state index is 13.0. The zero-order chi connectivity index (χ0) is 13.3. The molecule has 0 aromatic heterocycles. The fourth-order valence-corrected chi connectivity index (χ4v) is 4.39. The average molecular weight is 271 g/mol. The smallest absolute Gasteiger partial charge is 0.183 e. The van der Waals surface area contributed by atoms with Crippen molar-refractivity contribution >= 4 is 15.5 Å². The van der Waals surface area contributed by atoms with E-state index in [4.69, 9.17) is 5.73 Å². The van der Waals surface area contributed by atoms with Crippen LogP contribution >= 0.6 is 0 Å². The predicted octanol–water partition coefficient (Wildman–Crippen LogP) is 2.76. The van der Waals surface area contributed by atoms with Crippen LogP contribution in [0.25, 0.3) is 0 Å². The van der Waals surface area contributed by atoms with Gasteiger partial charge in [0.05, 0.1) is 15.8 Å². The Balaban J connectivity index is 2.30. The van der Waals surface area contributed by atoms with E-state index in [0.717, 1.165) is 25.0 Å². The van der Waals surface area contributed by atoms with Crippen molar-refractivity contribution in [1.29, 1.82) is 0 Å². The molecule has 1 aliphatic rings. The standard InChI is InChI=1S/C13H18FNO2S/c1-9-2-5-11(6-3-9)18(16,17)13-7-4-10(14)8-12(13)15/h4,7-9,11H,2-3,5-6,15H2,1H3. The Morgan fingerprint density at radius 1 is 1.22 bits per heavy atom. The fraction of sp³-hybridized carbons (Fsp3) is 0.538. The second-order valence-corrected chi connectivity index (χ2v) is 7.31. The summed E-state index contributed by atoms with van der Waals surface area (Å²) < 4.78 is 37.8. The van der Waals surface area contributed by atoms with Crippen LogP contribution in [0, 0.1) is 11.7 Å². The number of rotatable bonds is 2. The first-order valence-corrected chi connectivity index (χ1v) is 7.75. The van der Waals surface area contributed by atoms with E-state index in [0.29, 0.717) is 18.8 Å². The summed E-state index contributed by atoms with van der Waals surface area (Å²) in [5.41, 5.74) is 5.63. The number of halogens is 1. The molecular weight excluding hydrogens is 253 g/mol. The molecule has 1 aliphatic carbocycles. The predicted molar refractivity (Wildman–Crippen MR) is 69.4 cm³/mol. The maximum absolute atomic E-state index is 13.0. The molecule has 0 saturated heterocycles. The lowest BCUT2D eigenvalue weighted by Crippen LogP contribution is -2.27. The number of hydrogen-bond donors (Lipinski definition) is 1. The minimum absolute atomic E-state index is 0.00798. The first-order valence-electron chi connectivity index (χ1n) is 6.20. The number of sulfone groups is 1. The van der Waals surface area contributed by atoms with Crippen molar-refractivity contribution in [3.8, 4) is 0 Å². The minimum Gasteiger partial charge on any atom is -0.398 e. The third-order valence-corrected chi connectivity index (χ3v) is 6.01. The van der Waals surface area contributed by atoms with E-state index in [1.165, 1.54) is 6.07 Å². The molecule has 100 valence electrons. The summed E-state index contributed by atoms with van der Waals surface area (Å²) in [5.74, 6) is 0.0748. The Bertz CT molecular complexity index is 534. The largest absolute Gasteiger partial charge is 0.398 e. The number of nitrogen functional groups attached to an aromatic ring is 1. The van der Waals surface area contributed by atoms with Crippen molar-refractivity contribution in [2.45, 2.75) is 42.8 Å². The van der Waals surface area contributed by atoms with Gasteiger partial charge in [-0.25, -0.2) is 12.8 Å². The van der Waals surface area contributed by atoms with Gasteiger partial charge in [-0.3, -0.25) is 0 Å². The van der Waals surface area contributed by atoms with Gasteiger partial charge in [-0.15, -0.1) is 0 Å². The second-order valence-electron chi connectivity index (χ2n) is 5.11. The number of benzene rings is 1. The Hall–Kier alpha value is -1.10. The number of hydrogen-bond acceptors (Lipinski definition) is 3. The third kappa shape index (κ3) is 2.51. The van der Waals surface area contributed by atoms with Crippen LogP contribution in [-0.2, 0) is 9.84 Å². The maximum Gasteiger partial charge on any atom is 0.183 e. The molecule has 1 aromatic carbocycles. The van der Waals surface area contributed by atoms with Crippen molar-refractivity contribution in [3.05, 3.63) is 24.0 Å². The fourth-order valence-electron chi connectivity index (χ4n) is 2.50. The van der Waals surface area contributed by atoms with Crippen LogP contribution in [0.5, 0.6) is 0 Å². The summed E-state index contributed by atoms with van der Waals surface area (Å²) in [6, 6.07) is 3.49. The van der Waals surface area contributed by atoms with Gasteiger partial charge in [0.1, 0.15) is 5.82 Å². The Kier molecular flexibility index (Phi) is 3.61. The molecule has 0 aliphatic heterocycles. The van der Waals surface area contributed by atoms with Gasteiger partial charge in [-0.2, -0.15) is 0 Å². The molecule has 0 heterocycles. The summed E-state index contributed by atoms with van der Waals surface area (Å²) in [6.07, 6.45) is 3.18. The van der Waals surface area contributed by atoms with Gasteiger partial charge in [-0.05, 0) is 49.8 Å². The van der Waals surface area contributed by atoms with E-state index >= 15 is 0 Å². The molecule has 0 radical (unpaired) electrons. The molecular formula is C13H18FNO2S. The number of nitrogens with two attached hydrogens (primary N) is 1. The van der Waals surface area contributed by atoms with Gasteiger partial charge < -0.3 is 5.73 Å². The van der Waals surface area contributed by atoms with Crippen molar-refractivity contribution in [2.75, 3.05) is 5.73 Å². The molecule has 0 unspecified atom stereocenters. The lowest BCUT2D eigenvalue weighted by molar-refractivity contribution is 0.382. The summed E-state index contributed by atoms with van der Waals surface area (Å²) in [5, 5.41) is -0.374. The average Bonchev–Trinajstić information content (AvgIpc) is 2.29. The Labute approximate surface area is 107 Å². The van der Waals surface area contributed by atoms with Crippen LogP contribution in [0.4, 0.5) is 10.1 Å². The second kappa shape index (κ2) is 4.88. The normalized spacial score (nSPS) is 25.0. The first kappa shape index (κ1) is 13.3. The van der Waals surface area contributed by atoms with Gasteiger partial charge >= 0.3 is 0 Å². The molecule has 1 aromatic rings. The van der Waals surface area contributed by atoms with E-state index in [2.05, 4.69) is 6.92 Å². The molecule has 5 heteroatoms. The molecule has 18 heavy (non-hydrogen) atoms. The van der Waals surface area contributed by atoms with Gasteiger partial charge in [0.2, 0.25) is 0 Å². The molecule has 0 spiro atoms. The monoisotopic (exact) mass is 271 g/mol. The molecule has 0 atom stereocenters. The van der Waals surface area contributed by atoms with Crippen LogP contribution in [0.15, 0.2) is 23.1 Å². The van der Waals surface area contributed by atoms with Gasteiger partial charge in [0.25, 0.3) is 0 Å². The number of anilines is 1. The highest BCUT2D eigenvalue weighted by Crippen LogP contribution is 2.33. The van der Waals surface area contributed by atoms with Crippen molar-refractivity contribution in [2.24, 2.45) is 5.92 Å². The first-order chi connectivity index (χ1) is 8.41. The Morgan fingerprint density at radius 3 is 2.39 bits per heavy atom. The van der Waals surface area contributed by atoms with E-state index in [9.17, 15) is 12.8 Å². The molecule has 2 rings (SSSR count). The third-order valence-electron chi connectivity index (χ3n) is 3.68. The van der Waals surface area contributed by atoms with Gasteiger partial charge in [0.15, 0.2) is 9.84 Å². The molecule has 1 saturated carbocycles. The molecule has 2 N–H and O–H groups in total. The van der Waals surface area contributed by atoms with E-state index in [1.807, 2.05) is 0 Å². The highest BCUT2D eigenvalue weighted by atomic mass is 32.2. The van der Waals surface area contributed by atoms with Crippen LogP contribution in [-0.4, -0.2) is 13.7 Å². The van der Waals surface area contributed by atoms with E-state index in [-0.39, 0.29) is 15.8 Å². The quantitative estimate of drug-likeness (QED) is 0.664. The van der Waals surface area contributed by atoms with E-state index in [1.54, 1.807) is 0 Å². The molecule has 3 nitrogen and oxygen atoms in total. The molecule has 0 bridgehead atoms. The zero-order valence-corrected chi connectivity index (χ0v) is 11.2. The zero-order valence-electron chi connectivity index (χ0n) is 10.4. The topological polar surface area (TPSA) is 60.2 Å². The van der Waals surface area contributed by atoms with Crippen molar-refractivity contribution in [1.82, 2.24) is 0 Å². The lowest BCUT2D eigenvalue weighted by atomic mass is 9.91. The van der Waals surface area contributed by atoms with Crippen LogP contribution < -0.4 is 5.73 Å². The summed E-state index contributed by atoms with van der Waals surface area (Å²) in [7, 11) is -3.42. The van der Waals surface area contributed by atoms with Gasteiger partial charge in [-0.1, -0.05) is 6.92 Å². The Morgan fingerprint density at radius 2 is 1.83 bits per heavy atom. The SMILES string of the molecule is CC1CCC(S(=O)(=O)c2ccc(F)cc2N)CC1. The lowest BCUT2D eigenvalue weighted by Gasteiger charge is -2.26. The molecule has 0 amide bonds. The summed E-state index contributed by atoms with van der Waals surface area (Å²) in [6.45, 7) is 2.13. The highest BCUT2D eigenvalue weighted by molar-refractivity contribution is 7.92. The molecule has 1 fully saturated rings. The highest BCUT2D eigenvalue weighted by Gasteiger charge is 2.32. The summed E-state index contributed by atoms with van der Waals surface area (Å²) >= 11 is 0. The van der Waals surface area contributed by atoms with Crippen LogP contribution in [0.2, 0.25) is 0 Å². The van der Waals surface area contributed by atoms with Crippen LogP contribution in [0.1, 0.15) is 32.6 Å². The van der Waals surface area contributed by atoms with Crippen molar-refractivity contribution < 1.29 is 12.8 Å². The summed E-state index contributed by atoms with van der Waals surface area (Å²) in [4.78, 5) is 0.0726. The minimum atomic E-state index is -3.42. The van der Waals surface area contributed by atoms with Crippen LogP contribution in [0.3, 0.4) is 0 Å².